The molecule has 2 fully saturated rings. The van der Waals surface area contributed by atoms with Crippen molar-refractivity contribution in [3.63, 3.8) is 0 Å². The number of halogens is 2. The number of alkyl halides is 2. The van der Waals surface area contributed by atoms with Gasteiger partial charge in [0.1, 0.15) is 17.1 Å². The number of hydrogen-bond acceptors (Lipinski definition) is 6. The van der Waals surface area contributed by atoms with Crippen molar-refractivity contribution in [1.82, 2.24) is 9.97 Å². The Morgan fingerprint density at radius 1 is 1.46 bits per heavy atom. The summed E-state index contributed by atoms with van der Waals surface area (Å²) in [4.78, 5) is 20.6. The van der Waals surface area contributed by atoms with E-state index in [1.807, 2.05) is 0 Å². The Kier molecular flexibility index (Phi) is 4.18. The largest absolute Gasteiger partial charge is 0.465 e. The Balaban J connectivity index is 1.92. The van der Waals surface area contributed by atoms with Gasteiger partial charge >= 0.3 is 11.7 Å². The number of hydrogen-bond donors (Lipinski definition) is 1. The predicted molar refractivity (Wildman–Crippen MR) is 79.7 cm³/mol. The van der Waals surface area contributed by atoms with Gasteiger partial charge in [-0.15, -0.1) is 0 Å². The van der Waals surface area contributed by atoms with E-state index in [2.05, 4.69) is 9.97 Å². The second-order valence-electron chi connectivity index (χ2n) is 6.14. The predicted octanol–water partition coefficient (Wildman–Crippen LogP) is 1.67. The first kappa shape index (κ1) is 17.0. The fourth-order valence-electron chi connectivity index (χ4n) is 3.33. The van der Waals surface area contributed by atoms with Crippen molar-refractivity contribution >= 4 is 21.8 Å². The molecule has 1 aromatic rings. The van der Waals surface area contributed by atoms with Crippen molar-refractivity contribution in [3.05, 3.63) is 18.1 Å². The molecule has 132 valence electrons. The Labute approximate surface area is 137 Å². The average Bonchev–Trinajstić information content (AvgIpc) is 3.13. The van der Waals surface area contributed by atoms with Gasteiger partial charge in [0.25, 0.3) is 10.0 Å². The number of anilines is 1. The standard InChI is InChI=1S/C14H17F2N3O4S/c1-2-23-12(20)14(6-8-5-9(8)7-14)11-17-4-3-10(18-11)19-24(21,22)13(15)16/h3-4,8-9,13H,2,5-7H2,1H3,(H,17,18,19). The van der Waals surface area contributed by atoms with Crippen LogP contribution in [0.1, 0.15) is 32.0 Å². The molecule has 2 aliphatic rings. The highest BCUT2D eigenvalue weighted by Crippen LogP contribution is 2.60. The number of aromatic nitrogens is 2. The number of carbonyl (C=O) groups excluding carboxylic acids is 1. The van der Waals surface area contributed by atoms with Crippen LogP contribution in [0, 0.1) is 11.8 Å². The summed E-state index contributed by atoms with van der Waals surface area (Å²) < 4.78 is 54.4. The molecular formula is C14H17F2N3O4S. The minimum Gasteiger partial charge on any atom is -0.465 e. The minimum absolute atomic E-state index is 0.114. The molecule has 1 N–H and O–H groups in total. The van der Waals surface area contributed by atoms with Crippen LogP contribution in [-0.4, -0.2) is 36.7 Å². The minimum atomic E-state index is -4.83. The second kappa shape index (κ2) is 5.91. The van der Waals surface area contributed by atoms with Gasteiger partial charge in [0.15, 0.2) is 0 Å². The van der Waals surface area contributed by atoms with Gasteiger partial charge in [-0.05, 0) is 44.1 Å². The van der Waals surface area contributed by atoms with Crippen LogP contribution in [0.5, 0.6) is 0 Å². The van der Waals surface area contributed by atoms with E-state index in [0.717, 1.165) is 12.5 Å². The highest BCUT2D eigenvalue weighted by Gasteiger charge is 2.60. The molecular weight excluding hydrogens is 344 g/mol. The van der Waals surface area contributed by atoms with Crippen LogP contribution in [0.2, 0.25) is 0 Å². The number of ether oxygens (including phenoxy) is 1. The molecule has 2 saturated carbocycles. The quantitative estimate of drug-likeness (QED) is 0.774. The van der Waals surface area contributed by atoms with Crippen molar-refractivity contribution in [3.8, 4) is 0 Å². The molecule has 0 spiro atoms. The van der Waals surface area contributed by atoms with E-state index < -0.39 is 27.2 Å². The lowest BCUT2D eigenvalue weighted by atomic mass is 9.82. The first-order chi connectivity index (χ1) is 11.3. The average molecular weight is 361 g/mol. The van der Waals surface area contributed by atoms with Crippen LogP contribution in [0.25, 0.3) is 0 Å². The molecule has 1 heterocycles. The zero-order valence-electron chi connectivity index (χ0n) is 12.9. The van der Waals surface area contributed by atoms with Crippen LogP contribution in [0.15, 0.2) is 12.3 Å². The number of nitrogens with one attached hydrogen (secondary N) is 1. The van der Waals surface area contributed by atoms with Crippen LogP contribution in [0.3, 0.4) is 0 Å². The topological polar surface area (TPSA) is 98.2 Å². The van der Waals surface area contributed by atoms with Crippen LogP contribution in [-0.2, 0) is 25.0 Å². The second-order valence-corrected chi connectivity index (χ2v) is 7.79. The third kappa shape index (κ3) is 2.94. The Morgan fingerprint density at radius 3 is 2.71 bits per heavy atom. The van der Waals surface area contributed by atoms with E-state index in [-0.39, 0.29) is 18.2 Å². The molecule has 7 nitrogen and oxygen atoms in total. The van der Waals surface area contributed by atoms with Crippen molar-refractivity contribution in [2.45, 2.75) is 37.4 Å². The number of fused-ring (bicyclic) bond motifs is 1. The number of nitrogens with zero attached hydrogens (tertiary/aromatic N) is 2. The van der Waals surface area contributed by atoms with Crippen LogP contribution < -0.4 is 4.72 Å². The van der Waals surface area contributed by atoms with Gasteiger partial charge < -0.3 is 4.74 Å². The molecule has 0 aliphatic heterocycles. The van der Waals surface area contributed by atoms with E-state index >= 15 is 0 Å². The summed E-state index contributed by atoms with van der Waals surface area (Å²) in [5, 5.41) is 0. The van der Waals surface area contributed by atoms with Gasteiger partial charge in [-0.1, -0.05) is 0 Å². The number of sulfonamides is 1. The van der Waals surface area contributed by atoms with Crippen molar-refractivity contribution in [2.24, 2.45) is 11.8 Å². The summed E-state index contributed by atoms with van der Waals surface area (Å²) >= 11 is 0. The summed E-state index contributed by atoms with van der Waals surface area (Å²) in [6.07, 6.45) is 3.35. The Morgan fingerprint density at radius 2 is 2.12 bits per heavy atom. The summed E-state index contributed by atoms with van der Waals surface area (Å²) in [6, 6.07) is 1.16. The molecule has 24 heavy (non-hydrogen) atoms. The smallest absolute Gasteiger partial charge is 0.355 e. The van der Waals surface area contributed by atoms with Gasteiger partial charge in [0.05, 0.1) is 6.61 Å². The maximum absolute atomic E-state index is 12.5. The van der Waals surface area contributed by atoms with Crippen molar-refractivity contribution < 1.29 is 26.7 Å². The zero-order chi connectivity index (χ0) is 17.5. The molecule has 0 bridgehead atoms. The number of esters is 1. The molecule has 0 saturated heterocycles. The van der Waals surface area contributed by atoms with E-state index in [4.69, 9.17) is 4.74 Å². The molecule has 2 aliphatic carbocycles. The Bertz CT molecular complexity index is 746. The van der Waals surface area contributed by atoms with Gasteiger partial charge in [-0.25, -0.2) is 18.4 Å². The van der Waals surface area contributed by atoms with E-state index in [1.54, 1.807) is 11.6 Å². The molecule has 3 rings (SSSR count). The van der Waals surface area contributed by atoms with Gasteiger partial charge in [-0.3, -0.25) is 9.52 Å². The third-order valence-electron chi connectivity index (χ3n) is 4.52. The summed E-state index contributed by atoms with van der Waals surface area (Å²) in [7, 11) is -4.83. The summed E-state index contributed by atoms with van der Waals surface area (Å²) in [5.74, 6) is -3.40. The van der Waals surface area contributed by atoms with Crippen LogP contribution in [0.4, 0.5) is 14.6 Å². The molecule has 0 amide bonds. The van der Waals surface area contributed by atoms with Crippen molar-refractivity contribution in [1.29, 1.82) is 0 Å². The first-order valence-corrected chi connectivity index (χ1v) is 9.13. The molecule has 0 radical (unpaired) electrons. The normalized spacial score (nSPS) is 28.5. The number of carbonyl (C=O) groups is 1. The van der Waals surface area contributed by atoms with E-state index in [0.29, 0.717) is 24.7 Å². The highest BCUT2D eigenvalue weighted by atomic mass is 32.2. The molecule has 1 aromatic heterocycles. The maximum Gasteiger partial charge on any atom is 0.355 e. The number of rotatable bonds is 6. The molecule has 0 aromatic carbocycles. The Hall–Kier alpha value is -1.84. The van der Waals surface area contributed by atoms with Gasteiger partial charge in [-0.2, -0.15) is 8.78 Å². The lowest BCUT2D eigenvalue weighted by Crippen LogP contribution is -2.38. The zero-order valence-corrected chi connectivity index (χ0v) is 13.7. The molecule has 2 atom stereocenters. The van der Waals surface area contributed by atoms with E-state index in [9.17, 15) is 22.0 Å². The van der Waals surface area contributed by atoms with Crippen molar-refractivity contribution in [2.75, 3.05) is 11.3 Å². The molecule has 10 heteroatoms. The fourth-order valence-corrected chi connectivity index (χ4v) is 3.83. The van der Waals surface area contributed by atoms with Gasteiger partial charge in [0, 0.05) is 6.20 Å². The first-order valence-electron chi connectivity index (χ1n) is 7.59. The third-order valence-corrected chi connectivity index (χ3v) is 5.48. The lowest BCUT2D eigenvalue weighted by Gasteiger charge is -2.26. The highest BCUT2D eigenvalue weighted by molar-refractivity contribution is 7.92. The monoisotopic (exact) mass is 361 g/mol. The fraction of sp³-hybridized carbons (Fsp3) is 0.643. The van der Waals surface area contributed by atoms with E-state index in [1.165, 1.54) is 6.20 Å². The maximum atomic E-state index is 12.5. The SMILES string of the molecule is CCOC(=O)C1(c2nccc(NS(=O)(=O)C(F)F)n2)CC2CC2C1. The van der Waals surface area contributed by atoms with Crippen LogP contribution >= 0.6 is 0 Å². The lowest BCUT2D eigenvalue weighted by molar-refractivity contribution is -0.150. The summed E-state index contributed by atoms with van der Waals surface area (Å²) in [5.41, 5.74) is -1.03. The summed E-state index contributed by atoms with van der Waals surface area (Å²) in [6.45, 7) is 1.89. The van der Waals surface area contributed by atoms with Gasteiger partial charge in [0.2, 0.25) is 0 Å². The molecule has 2 unspecified atom stereocenters.